The highest BCUT2D eigenvalue weighted by molar-refractivity contribution is 6.30. The monoisotopic (exact) mass is 396 g/mol. The minimum atomic E-state index is -0.716. The van der Waals surface area contributed by atoms with Gasteiger partial charge in [0.05, 0.1) is 13.3 Å². The van der Waals surface area contributed by atoms with Crippen LogP contribution in [0.3, 0.4) is 0 Å². The zero-order valence-corrected chi connectivity index (χ0v) is 16.7. The molecule has 0 spiro atoms. The first-order chi connectivity index (χ1) is 13.5. The molecule has 144 valence electrons. The molecule has 0 heterocycles. The largest absolute Gasteiger partial charge is 0.496 e. The third-order valence-electron chi connectivity index (χ3n) is 4.33. The van der Waals surface area contributed by atoms with Gasteiger partial charge in [0.15, 0.2) is 6.10 Å². The van der Waals surface area contributed by atoms with Crippen LogP contribution in [0.25, 0.3) is 10.8 Å². The highest BCUT2D eigenvalue weighted by Gasteiger charge is 2.15. The number of ether oxygens (including phenoxy) is 2. The molecule has 0 aliphatic heterocycles. The molecule has 6 heteroatoms. The van der Waals surface area contributed by atoms with Gasteiger partial charge >= 0.3 is 0 Å². The summed E-state index contributed by atoms with van der Waals surface area (Å²) in [7, 11) is 1.60. The summed E-state index contributed by atoms with van der Waals surface area (Å²) in [6.07, 6.45) is 0.866. The number of hydrogen-bond acceptors (Lipinski definition) is 4. The maximum Gasteiger partial charge on any atom is 0.280 e. The minimum absolute atomic E-state index is 0.357. The van der Waals surface area contributed by atoms with Gasteiger partial charge in [-0.1, -0.05) is 41.9 Å². The van der Waals surface area contributed by atoms with Crippen LogP contribution in [0.2, 0.25) is 5.02 Å². The van der Waals surface area contributed by atoms with Crippen LogP contribution in [0, 0.1) is 6.92 Å². The third-order valence-corrected chi connectivity index (χ3v) is 4.56. The number of methoxy groups -OCH3 is 1. The molecule has 28 heavy (non-hydrogen) atoms. The Morgan fingerprint density at radius 2 is 1.89 bits per heavy atom. The van der Waals surface area contributed by atoms with Crippen molar-refractivity contribution in [3.05, 3.63) is 70.7 Å². The molecule has 0 bridgehead atoms. The van der Waals surface area contributed by atoms with Crippen LogP contribution in [-0.4, -0.2) is 25.3 Å². The van der Waals surface area contributed by atoms with Crippen molar-refractivity contribution in [2.24, 2.45) is 5.10 Å². The summed E-state index contributed by atoms with van der Waals surface area (Å²) in [6, 6.07) is 17.0. The van der Waals surface area contributed by atoms with E-state index in [-0.39, 0.29) is 5.91 Å². The Morgan fingerprint density at radius 3 is 2.64 bits per heavy atom. The third kappa shape index (κ3) is 4.43. The lowest BCUT2D eigenvalue weighted by atomic mass is 10.0. The molecule has 0 aliphatic carbocycles. The molecule has 0 aromatic heterocycles. The summed E-state index contributed by atoms with van der Waals surface area (Å²) >= 11 is 5.94. The molecule has 0 saturated carbocycles. The van der Waals surface area contributed by atoms with Gasteiger partial charge in [0, 0.05) is 10.6 Å². The molecule has 3 aromatic rings. The number of hydrogen-bond donors (Lipinski definition) is 1. The van der Waals surface area contributed by atoms with Crippen molar-refractivity contribution in [1.82, 2.24) is 5.43 Å². The number of carbonyl (C=O) groups is 1. The smallest absolute Gasteiger partial charge is 0.280 e. The quantitative estimate of drug-likeness (QED) is 0.484. The highest BCUT2D eigenvalue weighted by Crippen LogP contribution is 2.26. The standard InChI is InChI=1S/C22H21ClN2O3/c1-14-12-17(23)9-11-20(14)28-15(2)22(26)25-24-13-19-18-7-5-4-6-16(18)8-10-21(19)27-3/h4-13,15H,1-3H3,(H,25,26)/b24-13-/t15-/m0/s1. The Hall–Kier alpha value is -3.05. The fourth-order valence-electron chi connectivity index (χ4n) is 2.83. The lowest BCUT2D eigenvalue weighted by Crippen LogP contribution is -2.33. The average molecular weight is 397 g/mol. The zero-order chi connectivity index (χ0) is 20.1. The van der Waals surface area contributed by atoms with Gasteiger partial charge in [0.1, 0.15) is 11.5 Å². The summed E-state index contributed by atoms with van der Waals surface area (Å²) in [4.78, 5) is 12.3. The predicted octanol–water partition coefficient (Wildman–Crippen LogP) is 4.73. The topological polar surface area (TPSA) is 59.9 Å². The molecule has 0 radical (unpaired) electrons. The van der Waals surface area contributed by atoms with Crippen LogP contribution in [0.4, 0.5) is 0 Å². The SMILES string of the molecule is COc1ccc2ccccc2c1/C=N\NC(=O)[C@H](C)Oc1ccc(Cl)cc1C. The molecule has 0 fully saturated rings. The molecule has 3 rings (SSSR count). The van der Waals surface area contributed by atoms with Gasteiger partial charge in [0.2, 0.25) is 0 Å². The fraction of sp³-hybridized carbons (Fsp3) is 0.182. The van der Waals surface area contributed by atoms with E-state index in [1.807, 2.05) is 43.3 Å². The zero-order valence-electron chi connectivity index (χ0n) is 15.9. The van der Waals surface area contributed by atoms with Gasteiger partial charge in [-0.15, -0.1) is 0 Å². The lowest BCUT2D eigenvalue weighted by molar-refractivity contribution is -0.127. The summed E-state index contributed by atoms with van der Waals surface area (Å²) in [5, 5.41) is 6.76. The van der Waals surface area contributed by atoms with Crippen LogP contribution in [0.5, 0.6) is 11.5 Å². The number of amides is 1. The Kier molecular flexibility index (Phi) is 6.16. The number of rotatable bonds is 6. The van der Waals surface area contributed by atoms with E-state index >= 15 is 0 Å². The van der Waals surface area contributed by atoms with Crippen molar-refractivity contribution in [3.8, 4) is 11.5 Å². The second-order valence-corrected chi connectivity index (χ2v) is 6.74. The Labute approximate surface area is 168 Å². The number of nitrogens with zero attached hydrogens (tertiary/aromatic N) is 1. The number of benzene rings is 3. The average Bonchev–Trinajstić information content (AvgIpc) is 2.69. The molecule has 1 N–H and O–H groups in total. The van der Waals surface area contributed by atoms with Crippen molar-refractivity contribution in [2.75, 3.05) is 7.11 Å². The van der Waals surface area contributed by atoms with E-state index in [9.17, 15) is 4.79 Å². The van der Waals surface area contributed by atoms with E-state index in [0.717, 1.165) is 21.9 Å². The predicted molar refractivity (Wildman–Crippen MR) is 113 cm³/mol. The Balaban J connectivity index is 1.72. The summed E-state index contributed by atoms with van der Waals surface area (Å²) in [6.45, 7) is 3.54. The van der Waals surface area contributed by atoms with E-state index in [0.29, 0.717) is 16.5 Å². The van der Waals surface area contributed by atoms with Crippen molar-refractivity contribution in [3.63, 3.8) is 0 Å². The number of fused-ring (bicyclic) bond motifs is 1. The lowest BCUT2D eigenvalue weighted by Gasteiger charge is -2.15. The minimum Gasteiger partial charge on any atom is -0.496 e. The van der Waals surface area contributed by atoms with Gasteiger partial charge in [-0.05, 0) is 54.4 Å². The second kappa shape index (κ2) is 8.76. The van der Waals surface area contributed by atoms with Crippen molar-refractivity contribution in [2.45, 2.75) is 20.0 Å². The number of aryl methyl sites for hydroxylation is 1. The van der Waals surface area contributed by atoms with Crippen LogP contribution >= 0.6 is 11.6 Å². The van der Waals surface area contributed by atoms with Gasteiger partial charge in [0.25, 0.3) is 5.91 Å². The van der Waals surface area contributed by atoms with Crippen LogP contribution in [0.15, 0.2) is 59.7 Å². The van der Waals surface area contributed by atoms with Gasteiger partial charge in [-0.25, -0.2) is 5.43 Å². The van der Waals surface area contributed by atoms with Crippen LogP contribution < -0.4 is 14.9 Å². The fourth-order valence-corrected chi connectivity index (χ4v) is 3.05. The van der Waals surface area contributed by atoms with E-state index in [4.69, 9.17) is 21.1 Å². The normalized spacial score (nSPS) is 12.1. The number of carbonyl (C=O) groups excluding carboxylic acids is 1. The second-order valence-electron chi connectivity index (χ2n) is 6.31. The first kappa shape index (κ1) is 19.7. The maximum absolute atomic E-state index is 12.3. The molecular weight excluding hydrogens is 376 g/mol. The van der Waals surface area contributed by atoms with E-state index in [1.165, 1.54) is 0 Å². The number of nitrogens with one attached hydrogen (secondary N) is 1. The number of hydrazone groups is 1. The Bertz CT molecular complexity index is 1030. The van der Waals surface area contributed by atoms with Crippen molar-refractivity contribution < 1.29 is 14.3 Å². The first-order valence-corrected chi connectivity index (χ1v) is 9.19. The highest BCUT2D eigenvalue weighted by atomic mass is 35.5. The maximum atomic E-state index is 12.3. The van der Waals surface area contributed by atoms with Crippen molar-refractivity contribution >= 4 is 34.5 Å². The first-order valence-electron chi connectivity index (χ1n) is 8.81. The van der Waals surface area contributed by atoms with E-state index in [2.05, 4.69) is 10.5 Å². The summed E-state index contributed by atoms with van der Waals surface area (Å²) in [5.74, 6) is 0.925. The van der Waals surface area contributed by atoms with Gasteiger partial charge in [-0.2, -0.15) is 5.10 Å². The van der Waals surface area contributed by atoms with Crippen LogP contribution in [-0.2, 0) is 4.79 Å². The molecule has 0 unspecified atom stereocenters. The van der Waals surface area contributed by atoms with Crippen LogP contribution in [0.1, 0.15) is 18.1 Å². The molecule has 1 atom stereocenters. The van der Waals surface area contributed by atoms with Crippen molar-refractivity contribution in [1.29, 1.82) is 0 Å². The summed E-state index contributed by atoms with van der Waals surface area (Å²) < 4.78 is 11.1. The van der Waals surface area contributed by atoms with Gasteiger partial charge < -0.3 is 9.47 Å². The molecule has 0 saturated heterocycles. The Morgan fingerprint density at radius 1 is 1.14 bits per heavy atom. The molecule has 1 amide bonds. The molecule has 0 aliphatic rings. The molecular formula is C22H21ClN2O3. The molecule has 5 nitrogen and oxygen atoms in total. The summed E-state index contributed by atoms with van der Waals surface area (Å²) in [5.41, 5.74) is 4.17. The van der Waals surface area contributed by atoms with Gasteiger partial charge in [-0.3, -0.25) is 4.79 Å². The van der Waals surface area contributed by atoms with E-state index in [1.54, 1.807) is 38.4 Å². The van der Waals surface area contributed by atoms with E-state index < -0.39 is 6.10 Å². The number of halogens is 1. The molecule has 3 aromatic carbocycles.